The molecule has 0 aromatic rings. The predicted octanol–water partition coefficient (Wildman–Crippen LogP) is 5.62. The lowest BCUT2D eigenvalue weighted by Gasteiger charge is -2.58. The first-order valence-electron chi connectivity index (χ1n) is 10.7. The van der Waals surface area contributed by atoms with E-state index >= 15 is 0 Å². The van der Waals surface area contributed by atoms with Gasteiger partial charge in [-0.2, -0.15) is 0 Å². The van der Waals surface area contributed by atoms with Crippen LogP contribution in [0.1, 0.15) is 80.1 Å². The first-order valence-corrected chi connectivity index (χ1v) is 10.7. The lowest BCUT2D eigenvalue weighted by atomic mass is 9.47. The average Bonchev–Trinajstić information content (AvgIpc) is 2.62. The van der Waals surface area contributed by atoms with E-state index in [2.05, 4.69) is 39.8 Å². The molecule has 0 aromatic heterocycles. The molecule has 0 unspecified atom stereocenters. The maximum atomic E-state index is 11.3. The molecule has 1 saturated carbocycles. The summed E-state index contributed by atoms with van der Waals surface area (Å²) in [6.07, 6.45) is 11.2. The summed E-state index contributed by atoms with van der Waals surface area (Å²) in [4.78, 5) is 22.4. The minimum Gasteiger partial charge on any atom is -0.466 e. The summed E-state index contributed by atoms with van der Waals surface area (Å²) < 4.78 is 10.4. The van der Waals surface area contributed by atoms with Gasteiger partial charge in [-0.15, -0.1) is 0 Å². The Kier molecular flexibility index (Phi) is 7.52. The highest BCUT2D eigenvalue weighted by atomic mass is 16.5. The Morgan fingerprint density at radius 2 is 1.86 bits per heavy atom. The Morgan fingerprint density at radius 1 is 1.18 bits per heavy atom. The van der Waals surface area contributed by atoms with Gasteiger partial charge in [0.2, 0.25) is 0 Å². The van der Waals surface area contributed by atoms with Gasteiger partial charge in [0.15, 0.2) is 0 Å². The smallest absolute Gasteiger partial charge is 0.302 e. The van der Waals surface area contributed by atoms with E-state index < -0.39 is 0 Å². The van der Waals surface area contributed by atoms with Crippen LogP contribution in [0.15, 0.2) is 23.3 Å². The summed E-state index contributed by atoms with van der Waals surface area (Å²) in [5, 5.41) is 0. The lowest BCUT2D eigenvalue weighted by molar-refractivity contribution is -0.142. The number of rotatable bonds is 7. The highest BCUT2D eigenvalue weighted by Gasteiger charge is 2.52. The Hall–Kier alpha value is -1.58. The third kappa shape index (κ3) is 5.07. The highest BCUT2D eigenvalue weighted by Crippen LogP contribution is 2.61. The van der Waals surface area contributed by atoms with Gasteiger partial charge in [0, 0.05) is 20.3 Å². The van der Waals surface area contributed by atoms with E-state index in [4.69, 9.17) is 9.47 Å². The topological polar surface area (TPSA) is 52.6 Å². The summed E-state index contributed by atoms with van der Waals surface area (Å²) >= 11 is 0. The second-order valence-corrected chi connectivity index (χ2v) is 9.32. The lowest BCUT2D eigenvalue weighted by Crippen LogP contribution is -2.49. The second kappa shape index (κ2) is 9.28. The minimum absolute atomic E-state index is 0.214. The van der Waals surface area contributed by atoms with E-state index in [0.29, 0.717) is 30.3 Å². The Balaban J connectivity index is 2.19. The van der Waals surface area contributed by atoms with Crippen LogP contribution in [0.25, 0.3) is 0 Å². The molecule has 0 saturated heterocycles. The van der Waals surface area contributed by atoms with E-state index in [9.17, 15) is 9.59 Å². The van der Waals surface area contributed by atoms with Gasteiger partial charge in [-0.25, -0.2) is 0 Å². The summed E-state index contributed by atoms with van der Waals surface area (Å²) in [7, 11) is 0. The van der Waals surface area contributed by atoms with E-state index in [-0.39, 0.29) is 24.0 Å². The second-order valence-electron chi connectivity index (χ2n) is 9.32. The van der Waals surface area contributed by atoms with Crippen molar-refractivity contribution in [2.45, 2.75) is 80.1 Å². The maximum absolute atomic E-state index is 11.3. The van der Waals surface area contributed by atoms with Crippen molar-refractivity contribution in [1.82, 2.24) is 0 Å². The summed E-state index contributed by atoms with van der Waals surface area (Å²) in [6.45, 7) is 13.1. The molecule has 158 valence electrons. The number of fused-ring (bicyclic) bond motifs is 1. The first kappa shape index (κ1) is 22.7. The molecule has 0 radical (unpaired) electrons. The number of carbonyl (C=O) groups is 2. The van der Waals surface area contributed by atoms with E-state index in [1.165, 1.54) is 39.5 Å². The minimum atomic E-state index is -0.281. The van der Waals surface area contributed by atoms with Crippen LogP contribution in [0.5, 0.6) is 0 Å². The fourth-order valence-electron chi connectivity index (χ4n) is 5.37. The predicted molar refractivity (Wildman–Crippen MR) is 112 cm³/mol. The molecule has 2 rings (SSSR count). The van der Waals surface area contributed by atoms with Gasteiger partial charge in [0.05, 0.1) is 6.61 Å². The normalized spacial score (nSPS) is 32.9. The molecule has 0 heterocycles. The van der Waals surface area contributed by atoms with Crippen LogP contribution in [-0.2, 0) is 19.1 Å². The number of esters is 2. The molecule has 2 aliphatic carbocycles. The van der Waals surface area contributed by atoms with Crippen LogP contribution in [-0.4, -0.2) is 25.2 Å². The zero-order valence-corrected chi connectivity index (χ0v) is 18.6. The van der Waals surface area contributed by atoms with Crippen molar-refractivity contribution in [2.24, 2.45) is 22.7 Å². The molecule has 0 N–H and O–H groups in total. The zero-order valence-electron chi connectivity index (χ0n) is 18.6. The third-order valence-corrected chi connectivity index (χ3v) is 7.61. The molecule has 0 aromatic carbocycles. The van der Waals surface area contributed by atoms with Gasteiger partial charge in [-0.3, -0.25) is 9.59 Å². The van der Waals surface area contributed by atoms with Gasteiger partial charge < -0.3 is 9.47 Å². The van der Waals surface area contributed by atoms with Crippen LogP contribution in [0.2, 0.25) is 0 Å². The third-order valence-electron chi connectivity index (χ3n) is 7.61. The van der Waals surface area contributed by atoms with Gasteiger partial charge in [-0.1, -0.05) is 38.5 Å². The van der Waals surface area contributed by atoms with Gasteiger partial charge >= 0.3 is 11.9 Å². The quantitative estimate of drug-likeness (QED) is 0.418. The van der Waals surface area contributed by atoms with Crippen LogP contribution < -0.4 is 0 Å². The number of hydrogen-bond donors (Lipinski definition) is 0. The van der Waals surface area contributed by atoms with Crippen molar-refractivity contribution >= 4 is 11.9 Å². The molecule has 4 nitrogen and oxygen atoms in total. The highest BCUT2D eigenvalue weighted by molar-refractivity contribution is 5.66. The van der Waals surface area contributed by atoms with Crippen LogP contribution in [0, 0.1) is 22.7 Å². The van der Waals surface area contributed by atoms with Gasteiger partial charge in [0.25, 0.3) is 0 Å². The fourth-order valence-corrected chi connectivity index (χ4v) is 5.37. The largest absolute Gasteiger partial charge is 0.466 e. The molecular weight excluding hydrogens is 352 g/mol. The molecule has 0 amide bonds. The number of allylic oxidation sites excluding steroid dienone is 3. The molecule has 28 heavy (non-hydrogen) atoms. The van der Waals surface area contributed by atoms with Crippen molar-refractivity contribution in [3.05, 3.63) is 23.3 Å². The first-order chi connectivity index (χ1) is 13.1. The SMILES string of the molecule is CC(=O)OCC/C(=C\C[C@@]1(C)[C@H](C)CC[C@@]2(C)C(C)=CCC[C@H]12)COC(C)=O. The molecule has 4 atom stereocenters. The fraction of sp³-hybridized carbons (Fsp3) is 0.750. The van der Waals surface area contributed by atoms with Crippen LogP contribution in [0.3, 0.4) is 0 Å². The zero-order chi connectivity index (χ0) is 20.9. The number of carbonyl (C=O) groups excluding carboxylic acids is 2. The van der Waals surface area contributed by atoms with Crippen molar-refractivity contribution in [3.8, 4) is 0 Å². The van der Waals surface area contributed by atoms with Crippen LogP contribution >= 0.6 is 0 Å². The van der Waals surface area contributed by atoms with Crippen molar-refractivity contribution in [3.63, 3.8) is 0 Å². The van der Waals surface area contributed by atoms with Crippen molar-refractivity contribution in [2.75, 3.05) is 13.2 Å². The Bertz CT molecular complexity index is 647. The molecule has 4 heteroatoms. The van der Waals surface area contributed by atoms with E-state index in [1.807, 2.05) is 0 Å². The standard InChI is InChI=1S/C24H38O4/c1-17-8-7-9-22-23(17,5)13-10-18(2)24(22,6)14-11-21(16-28-20(4)26)12-15-27-19(3)25/h8,11,18,22H,7,9-10,12-16H2,1-6H3/b21-11+/t18-,22+,23+,24+/m1/s1. The molecule has 0 aliphatic heterocycles. The average molecular weight is 391 g/mol. The number of hydrogen-bond acceptors (Lipinski definition) is 4. The molecule has 1 fully saturated rings. The van der Waals surface area contributed by atoms with E-state index in [1.54, 1.807) is 5.57 Å². The molecule has 0 spiro atoms. The maximum Gasteiger partial charge on any atom is 0.302 e. The van der Waals surface area contributed by atoms with Crippen molar-refractivity contribution < 1.29 is 19.1 Å². The van der Waals surface area contributed by atoms with E-state index in [0.717, 1.165) is 12.0 Å². The van der Waals surface area contributed by atoms with Crippen LogP contribution in [0.4, 0.5) is 0 Å². The molecule has 0 bridgehead atoms. The summed E-state index contributed by atoms with van der Waals surface area (Å²) in [6, 6.07) is 0. The number of ether oxygens (including phenoxy) is 2. The molecule has 2 aliphatic rings. The van der Waals surface area contributed by atoms with Crippen molar-refractivity contribution in [1.29, 1.82) is 0 Å². The Labute approximate surface area is 170 Å². The Morgan fingerprint density at radius 3 is 2.50 bits per heavy atom. The monoisotopic (exact) mass is 390 g/mol. The van der Waals surface area contributed by atoms with Gasteiger partial charge in [-0.05, 0) is 67.3 Å². The summed E-state index contributed by atoms with van der Waals surface area (Å²) in [5.74, 6) is 0.751. The summed E-state index contributed by atoms with van der Waals surface area (Å²) in [5.41, 5.74) is 3.10. The molecular formula is C24H38O4. The van der Waals surface area contributed by atoms with Gasteiger partial charge in [0.1, 0.15) is 6.61 Å².